The van der Waals surface area contributed by atoms with Gasteiger partial charge in [0.25, 0.3) is 0 Å². The Morgan fingerprint density at radius 2 is 1.22 bits per heavy atom. The van der Waals surface area contributed by atoms with Crippen molar-refractivity contribution in [2.75, 3.05) is 19.1 Å². The van der Waals surface area contributed by atoms with Crippen molar-refractivity contribution >= 4 is 51.8 Å². The van der Waals surface area contributed by atoms with E-state index < -0.39 is 0 Å². The van der Waals surface area contributed by atoms with E-state index in [9.17, 15) is 0 Å². The Morgan fingerprint density at radius 3 is 1.85 bits per heavy atom. The Morgan fingerprint density at radius 1 is 0.610 bits per heavy atom. The average molecular weight is 600 g/mol. The van der Waals surface area contributed by atoms with Gasteiger partial charge in [0.05, 0.1) is 0 Å². The van der Waals surface area contributed by atoms with Gasteiger partial charge >= 0.3 is 247 Å². The van der Waals surface area contributed by atoms with Crippen LogP contribution in [0, 0.1) is 6.92 Å². The van der Waals surface area contributed by atoms with E-state index in [1.165, 1.54) is 25.9 Å². The molecule has 1 aliphatic heterocycles. The molecule has 0 saturated heterocycles. The summed E-state index contributed by atoms with van der Waals surface area (Å²) in [6.07, 6.45) is 0. The van der Waals surface area contributed by atoms with E-state index in [0.717, 1.165) is 50.5 Å². The van der Waals surface area contributed by atoms with Crippen LogP contribution in [0.25, 0.3) is 33.3 Å². The molecular weight excluding hydrogens is 571 g/mol. The second kappa shape index (κ2) is 10.4. The fourth-order valence-electron chi connectivity index (χ4n) is 5.45. The Balaban J connectivity index is 1.55. The van der Waals surface area contributed by atoms with Crippen molar-refractivity contribution in [2.24, 2.45) is 0 Å². The molecule has 0 saturated carbocycles. The topological polar surface area (TPSA) is 34.6 Å². The van der Waals surface area contributed by atoms with Gasteiger partial charge in [-0.15, -0.1) is 0 Å². The molecule has 0 fully saturated rings. The average Bonchev–Trinajstić information content (AvgIpc) is 3.03. The van der Waals surface area contributed by atoms with E-state index in [2.05, 4.69) is 121 Å². The molecular formula is C36H28N2O2Se. The van der Waals surface area contributed by atoms with Gasteiger partial charge in [-0.1, -0.05) is 0 Å². The number of methoxy groups -OCH3 is 2. The van der Waals surface area contributed by atoms with Crippen LogP contribution < -0.4 is 23.3 Å². The van der Waals surface area contributed by atoms with Crippen LogP contribution in [0.3, 0.4) is 0 Å². The summed E-state index contributed by atoms with van der Waals surface area (Å²) in [6.45, 7) is 2.11. The van der Waals surface area contributed by atoms with E-state index in [-0.39, 0.29) is 15.0 Å². The number of rotatable bonds is 5. The monoisotopic (exact) mass is 600 g/mol. The number of anilines is 3. The third-order valence-electron chi connectivity index (χ3n) is 7.50. The van der Waals surface area contributed by atoms with E-state index >= 15 is 0 Å². The zero-order valence-corrected chi connectivity index (χ0v) is 24.8. The van der Waals surface area contributed by atoms with Crippen LogP contribution in [-0.4, -0.2) is 34.2 Å². The second-order valence-corrected chi connectivity index (χ2v) is 12.3. The molecule has 0 amide bonds. The fourth-order valence-corrected chi connectivity index (χ4v) is 7.67. The Hall–Kier alpha value is -4.57. The Kier molecular flexibility index (Phi) is 6.47. The molecule has 0 atom stereocenters. The van der Waals surface area contributed by atoms with Crippen molar-refractivity contribution in [2.45, 2.75) is 6.92 Å². The van der Waals surface area contributed by atoms with E-state index in [1.54, 1.807) is 14.2 Å². The molecule has 0 bridgehead atoms. The molecule has 4 nitrogen and oxygen atoms in total. The first-order chi connectivity index (χ1) is 20.1. The third-order valence-corrected chi connectivity index (χ3v) is 9.87. The second-order valence-electron chi connectivity index (χ2n) is 10.1. The SMILES string of the molecule is COc1cc(OC)cc(-c2cc(-c3ccc(C)cc3)nc3c(N4c5ccccc5[Se]c5ccccc54)cccc23)c1. The maximum absolute atomic E-state index is 5.65. The van der Waals surface area contributed by atoms with Gasteiger partial charge in [0, 0.05) is 0 Å². The van der Waals surface area contributed by atoms with Crippen LogP contribution >= 0.6 is 0 Å². The number of para-hydroxylation sites is 3. The molecule has 5 aromatic carbocycles. The van der Waals surface area contributed by atoms with Gasteiger partial charge in [0.2, 0.25) is 0 Å². The summed E-state index contributed by atoms with van der Waals surface area (Å²) in [7, 11) is 3.37. The molecule has 200 valence electrons. The third kappa shape index (κ3) is 4.54. The van der Waals surface area contributed by atoms with Gasteiger partial charge in [-0.25, -0.2) is 0 Å². The van der Waals surface area contributed by atoms with Crippen LogP contribution in [0.2, 0.25) is 0 Å². The number of hydrogen-bond donors (Lipinski definition) is 0. The molecule has 0 spiro atoms. The number of fused-ring (bicyclic) bond motifs is 3. The van der Waals surface area contributed by atoms with Gasteiger partial charge in [-0.3, -0.25) is 0 Å². The summed E-state index contributed by atoms with van der Waals surface area (Å²) >= 11 is 0.233. The molecule has 0 aliphatic carbocycles. The Labute approximate surface area is 246 Å². The van der Waals surface area contributed by atoms with Crippen molar-refractivity contribution in [1.82, 2.24) is 4.98 Å². The van der Waals surface area contributed by atoms with Gasteiger partial charge in [-0.05, 0) is 0 Å². The number of benzene rings is 5. The van der Waals surface area contributed by atoms with Crippen LogP contribution in [0.1, 0.15) is 5.56 Å². The zero-order valence-electron chi connectivity index (χ0n) is 23.1. The van der Waals surface area contributed by atoms with Crippen LogP contribution in [0.15, 0.2) is 115 Å². The summed E-state index contributed by atoms with van der Waals surface area (Å²) in [6, 6.07) is 40.8. The van der Waals surface area contributed by atoms with Gasteiger partial charge in [-0.2, -0.15) is 0 Å². The normalized spacial score (nSPS) is 12.1. The molecule has 0 N–H and O–H groups in total. The number of aryl methyl sites for hydroxylation is 1. The first-order valence-corrected chi connectivity index (χ1v) is 15.2. The molecule has 5 heteroatoms. The van der Waals surface area contributed by atoms with Crippen molar-refractivity contribution in [3.8, 4) is 33.9 Å². The van der Waals surface area contributed by atoms with Gasteiger partial charge < -0.3 is 0 Å². The first-order valence-electron chi connectivity index (χ1n) is 13.5. The molecule has 0 radical (unpaired) electrons. The van der Waals surface area contributed by atoms with Gasteiger partial charge in [0.15, 0.2) is 0 Å². The van der Waals surface area contributed by atoms with E-state index in [0.29, 0.717) is 0 Å². The number of pyridine rings is 1. The van der Waals surface area contributed by atoms with Crippen molar-refractivity contribution in [1.29, 1.82) is 0 Å². The van der Waals surface area contributed by atoms with Crippen molar-refractivity contribution in [3.63, 3.8) is 0 Å². The zero-order chi connectivity index (χ0) is 27.9. The minimum atomic E-state index is 0.233. The number of ether oxygens (including phenoxy) is 2. The Bertz CT molecular complexity index is 1850. The van der Waals surface area contributed by atoms with Gasteiger partial charge in [0.1, 0.15) is 0 Å². The fraction of sp³-hybridized carbons (Fsp3) is 0.0833. The summed E-state index contributed by atoms with van der Waals surface area (Å²) < 4.78 is 14.0. The molecule has 7 rings (SSSR count). The quantitative estimate of drug-likeness (QED) is 0.194. The predicted molar refractivity (Wildman–Crippen MR) is 170 cm³/mol. The summed E-state index contributed by atoms with van der Waals surface area (Å²) in [5.74, 6) is 1.50. The first kappa shape index (κ1) is 25.4. The minimum absolute atomic E-state index is 0.233. The predicted octanol–water partition coefficient (Wildman–Crippen LogP) is 7.33. The standard InChI is InChI=1S/C36H28N2O2Se/c1-23-15-17-24(18-16-23)30-22-29(25-19-26(39-2)21-27(20-25)40-3)28-9-8-12-33(36(28)37-30)38-31-10-4-6-13-34(31)41-35-14-7-5-11-32(35)38/h4-22H,1-3H3. The summed E-state index contributed by atoms with van der Waals surface area (Å²) in [5, 5.41) is 1.07. The number of nitrogens with zero attached hydrogens (tertiary/aromatic N) is 2. The van der Waals surface area contributed by atoms with Crippen LogP contribution in [0.5, 0.6) is 11.5 Å². The molecule has 41 heavy (non-hydrogen) atoms. The maximum atomic E-state index is 5.65. The number of hydrogen-bond acceptors (Lipinski definition) is 4. The van der Waals surface area contributed by atoms with E-state index in [1.807, 2.05) is 6.07 Å². The molecule has 1 aromatic heterocycles. The van der Waals surface area contributed by atoms with Crippen LogP contribution in [0.4, 0.5) is 17.1 Å². The summed E-state index contributed by atoms with van der Waals surface area (Å²) in [4.78, 5) is 7.76. The van der Waals surface area contributed by atoms with Crippen LogP contribution in [-0.2, 0) is 0 Å². The molecule has 6 aromatic rings. The van der Waals surface area contributed by atoms with Crippen molar-refractivity contribution in [3.05, 3.63) is 121 Å². The van der Waals surface area contributed by atoms with E-state index in [4.69, 9.17) is 14.5 Å². The number of aromatic nitrogens is 1. The molecule has 2 heterocycles. The molecule has 1 aliphatic rings. The summed E-state index contributed by atoms with van der Waals surface area (Å²) in [5.41, 5.74) is 9.74. The van der Waals surface area contributed by atoms with Crippen molar-refractivity contribution < 1.29 is 9.47 Å². The molecule has 0 unspecified atom stereocenters.